The second-order valence-corrected chi connectivity index (χ2v) is 7.04. The molecule has 2 fully saturated rings. The molecule has 4 heteroatoms. The number of rotatable bonds is 6. The maximum atomic E-state index is 12.5. The van der Waals surface area contributed by atoms with E-state index < -0.39 is 0 Å². The molecule has 1 saturated heterocycles. The number of piperidine rings is 1. The van der Waals surface area contributed by atoms with E-state index in [2.05, 4.69) is 10.2 Å². The van der Waals surface area contributed by atoms with Gasteiger partial charge in [0.15, 0.2) is 0 Å². The van der Waals surface area contributed by atoms with Crippen molar-refractivity contribution in [3.8, 4) is 0 Å². The topological polar surface area (TPSA) is 32.3 Å². The van der Waals surface area contributed by atoms with Crippen LogP contribution in [0.5, 0.6) is 0 Å². The third-order valence-electron chi connectivity index (χ3n) is 4.97. The van der Waals surface area contributed by atoms with Gasteiger partial charge in [-0.25, -0.2) is 0 Å². The van der Waals surface area contributed by atoms with Crippen molar-refractivity contribution in [2.24, 2.45) is 0 Å². The summed E-state index contributed by atoms with van der Waals surface area (Å²) in [5.41, 5.74) is 0.820. The molecule has 3 nitrogen and oxygen atoms in total. The van der Waals surface area contributed by atoms with Crippen molar-refractivity contribution in [2.45, 2.75) is 43.9 Å². The summed E-state index contributed by atoms with van der Waals surface area (Å²) in [7, 11) is 0. The second-order valence-electron chi connectivity index (χ2n) is 6.60. The minimum atomic E-state index is -0.282. The van der Waals surface area contributed by atoms with Gasteiger partial charge in [0.05, 0.1) is 5.41 Å². The Morgan fingerprint density at radius 2 is 1.82 bits per heavy atom. The zero-order valence-corrected chi connectivity index (χ0v) is 13.9. The van der Waals surface area contributed by atoms with Crippen LogP contribution in [-0.4, -0.2) is 37.0 Å². The van der Waals surface area contributed by atoms with Gasteiger partial charge < -0.3 is 10.2 Å². The van der Waals surface area contributed by atoms with E-state index in [0.717, 1.165) is 42.9 Å². The predicted molar refractivity (Wildman–Crippen MR) is 90.3 cm³/mol. The third kappa shape index (κ3) is 3.64. The molecular weight excluding hydrogens is 296 g/mol. The number of likely N-dealkylation sites (tertiary alicyclic amines) is 1. The highest BCUT2D eigenvalue weighted by Crippen LogP contribution is 2.48. The average molecular weight is 321 g/mol. The van der Waals surface area contributed by atoms with E-state index >= 15 is 0 Å². The Morgan fingerprint density at radius 1 is 1.14 bits per heavy atom. The van der Waals surface area contributed by atoms with Crippen LogP contribution in [0, 0.1) is 0 Å². The lowest BCUT2D eigenvalue weighted by molar-refractivity contribution is -0.123. The van der Waals surface area contributed by atoms with Crippen molar-refractivity contribution >= 4 is 17.5 Å². The molecule has 120 valence electrons. The van der Waals surface area contributed by atoms with Gasteiger partial charge in [0.1, 0.15) is 0 Å². The highest BCUT2D eigenvalue weighted by Gasteiger charge is 2.50. The van der Waals surface area contributed by atoms with Crippen LogP contribution < -0.4 is 5.32 Å². The molecule has 3 rings (SSSR count). The van der Waals surface area contributed by atoms with Gasteiger partial charge in [0, 0.05) is 11.6 Å². The first-order valence-electron chi connectivity index (χ1n) is 8.47. The van der Waals surface area contributed by atoms with Crippen LogP contribution in [0.2, 0.25) is 5.02 Å². The summed E-state index contributed by atoms with van der Waals surface area (Å²) in [5, 5.41) is 3.86. The number of carbonyl (C=O) groups excluding carboxylic acids is 1. The molecule has 1 heterocycles. The van der Waals surface area contributed by atoms with E-state index in [9.17, 15) is 4.79 Å². The highest BCUT2D eigenvalue weighted by atomic mass is 35.5. The van der Waals surface area contributed by atoms with Crippen LogP contribution in [0.1, 0.15) is 44.1 Å². The number of nitrogens with zero attached hydrogens (tertiary/aromatic N) is 1. The Hall–Kier alpha value is -1.06. The summed E-state index contributed by atoms with van der Waals surface area (Å²) < 4.78 is 0. The molecule has 1 aromatic carbocycles. The molecule has 22 heavy (non-hydrogen) atoms. The van der Waals surface area contributed by atoms with E-state index in [1.165, 1.54) is 32.4 Å². The summed E-state index contributed by atoms with van der Waals surface area (Å²) >= 11 is 5.93. The maximum absolute atomic E-state index is 12.5. The molecule has 0 bridgehead atoms. The van der Waals surface area contributed by atoms with Gasteiger partial charge in [-0.3, -0.25) is 4.79 Å². The van der Waals surface area contributed by atoms with Crippen molar-refractivity contribution in [1.29, 1.82) is 0 Å². The molecule has 2 aliphatic rings. The van der Waals surface area contributed by atoms with Gasteiger partial charge in [-0.15, -0.1) is 0 Å². The van der Waals surface area contributed by atoms with Gasteiger partial charge in [0.2, 0.25) is 5.91 Å². The fourth-order valence-electron chi connectivity index (χ4n) is 3.40. The molecule has 1 amide bonds. The maximum Gasteiger partial charge on any atom is 0.230 e. The first-order chi connectivity index (χ1) is 10.7. The zero-order valence-electron chi connectivity index (χ0n) is 13.1. The standard InChI is InChI=1S/C18H25ClN2O/c19-16-7-5-15(6-8-16)18(9-10-18)17(22)20-11-4-14-21-12-2-1-3-13-21/h5-8H,1-4,9-14H2,(H,20,22). The summed E-state index contributed by atoms with van der Waals surface area (Å²) in [4.78, 5) is 15.0. The van der Waals surface area contributed by atoms with E-state index in [1.54, 1.807) is 0 Å². The molecule has 1 N–H and O–H groups in total. The molecule has 1 aromatic rings. The van der Waals surface area contributed by atoms with Gasteiger partial charge >= 0.3 is 0 Å². The normalized spacial score (nSPS) is 20.6. The minimum absolute atomic E-state index is 0.188. The SMILES string of the molecule is O=C(NCCCN1CCCCC1)C1(c2ccc(Cl)cc2)CC1. The molecular formula is C18H25ClN2O. The monoisotopic (exact) mass is 320 g/mol. The van der Waals surface area contributed by atoms with Gasteiger partial charge in [0.25, 0.3) is 0 Å². The lowest BCUT2D eigenvalue weighted by Crippen LogP contribution is -2.37. The summed E-state index contributed by atoms with van der Waals surface area (Å²) in [5.74, 6) is 0.188. The average Bonchev–Trinajstić information content (AvgIpc) is 3.35. The molecule has 1 saturated carbocycles. The number of nitrogens with one attached hydrogen (secondary N) is 1. The van der Waals surface area contributed by atoms with Crippen molar-refractivity contribution < 1.29 is 4.79 Å². The molecule has 0 aromatic heterocycles. The van der Waals surface area contributed by atoms with Gasteiger partial charge in [-0.2, -0.15) is 0 Å². The Balaban J connectivity index is 1.44. The Kier molecular flexibility index (Phi) is 5.04. The number of carbonyl (C=O) groups is 1. The van der Waals surface area contributed by atoms with Crippen LogP contribution in [-0.2, 0) is 10.2 Å². The summed E-state index contributed by atoms with van der Waals surface area (Å²) in [6.07, 6.45) is 6.97. The Morgan fingerprint density at radius 3 is 2.45 bits per heavy atom. The second kappa shape index (κ2) is 7.01. The van der Waals surface area contributed by atoms with Gasteiger partial charge in [-0.1, -0.05) is 30.2 Å². The van der Waals surface area contributed by atoms with Crippen LogP contribution in [0.15, 0.2) is 24.3 Å². The molecule has 1 aliphatic heterocycles. The fourth-order valence-corrected chi connectivity index (χ4v) is 3.52. The van der Waals surface area contributed by atoms with Crippen LogP contribution in [0.4, 0.5) is 0 Å². The largest absolute Gasteiger partial charge is 0.355 e. The number of benzene rings is 1. The van der Waals surface area contributed by atoms with Crippen molar-refractivity contribution in [3.05, 3.63) is 34.9 Å². The lowest BCUT2D eigenvalue weighted by Gasteiger charge is -2.26. The number of halogens is 1. The van der Waals surface area contributed by atoms with E-state index in [-0.39, 0.29) is 11.3 Å². The van der Waals surface area contributed by atoms with Crippen LogP contribution in [0.3, 0.4) is 0 Å². The molecule has 0 radical (unpaired) electrons. The molecule has 1 aliphatic carbocycles. The third-order valence-corrected chi connectivity index (χ3v) is 5.22. The van der Waals surface area contributed by atoms with Crippen LogP contribution >= 0.6 is 11.6 Å². The van der Waals surface area contributed by atoms with Gasteiger partial charge in [-0.05, 0) is 69.4 Å². The Labute approximate surface area is 138 Å². The first kappa shape index (κ1) is 15.8. The zero-order chi connectivity index (χ0) is 15.4. The summed E-state index contributed by atoms with van der Waals surface area (Å²) in [6.45, 7) is 4.34. The smallest absolute Gasteiger partial charge is 0.230 e. The first-order valence-corrected chi connectivity index (χ1v) is 8.85. The summed E-state index contributed by atoms with van der Waals surface area (Å²) in [6, 6.07) is 7.73. The number of hydrogen-bond acceptors (Lipinski definition) is 2. The van der Waals surface area contributed by atoms with Crippen molar-refractivity contribution in [2.75, 3.05) is 26.2 Å². The number of amides is 1. The quantitative estimate of drug-likeness (QED) is 0.815. The van der Waals surface area contributed by atoms with E-state index in [1.807, 2.05) is 24.3 Å². The molecule has 0 unspecified atom stereocenters. The minimum Gasteiger partial charge on any atom is -0.355 e. The van der Waals surface area contributed by atoms with E-state index in [0.29, 0.717) is 0 Å². The number of hydrogen-bond donors (Lipinski definition) is 1. The highest BCUT2D eigenvalue weighted by molar-refractivity contribution is 6.30. The fraction of sp³-hybridized carbons (Fsp3) is 0.611. The predicted octanol–water partition coefficient (Wildman–Crippen LogP) is 3.36. The van der Waals surface area contributed by atoms with Crippen LogP contribution in [0.25, 0.3) is 0 Å². The van der Waals surface area contributed by atoms with Crippen molar-refractivity contribution in [3.63, 3.8) is 0 Å². The Bertz CT molecular complexity index is 504. The molecule has 0 atom stereocenters. The van der Waals surface area contributed by atoms with Crippen molar-refractivity contribution in [1.82, 2.24) is 10.2 Å². The molecule has 0 spiro atoms. The van der Waals surface area contributed by atoms with E-state index in [4.69, 9.17) is 11.6 Å². The lowest BCUT2D eigenvalue weighted by atomic mass is 9.95.